The molecule has 0 fully saturated rings. The third kappa shape index (κ3) is 3.12. The monoisotopic (exact) mass is 387 g/mol. The van der Waals surface area contributed by atoms with Gasteiger partial charge in [0.2, 0.25) is 0 Å². The molecular formula is C13H15Br2N3O. The number of nitrogens with one attached hydrogen (secondary N) is 1. The van der Waals surface area contributed by atoms with Gasteiger partial charge >= 0.3 is 0 Å². The number of methoxy groups -OCH3 is 1. The van der Waals surface area contributed by atoms with Crippen LogP contribution in [-0.4, -0.2) is 16.7 Å². The third-order valence-electron chi connectivity index (χ3n) is 2.86. The van der Waals surface area contributed by atoms with Crippen LogP contribution >= 0.6 is 31.9 Å². The van der Waals surface area contributed by atoms with Crippen molar-refractivity contribution in [3.05, 3.63) is 39.3 Å². The maximum absolute atomic E-state index is 5.31. The van der Waals surface area contributed by atoms with E-state index in [9.17, 15) is 0 Å². The van der Waals surface area contributed by atoms with E-state index in [0.717, 1.165) is 26.2 Å². The molecule has 1 aromatic heterocycles. The van der Waals surface area contributed by atoms with Crippen molar-refractivity contribution in [3.8, 4) is 5.75 Å². The van der Waals surface area contributed by atoms with Crippen LogP contribution in [0.5, 0.6) is 5.75 Å². The van der Waals surface area contributed by atoms with Crippen LogP contribution < -0.4 is 10.1 Å². The molecule has 2 aromatic rings. The van der Waals surface area contributed by atoms with Crippen LogP contribution in [0.2, 0.25) is 0 Å². The van der Waals surface area contributed by atoms with Crippen LogP contribution in [0.1, 0.15) is 18.8 Å². The Morgan fingerprint density at radius 3 is 2.63 bits per heavy atom. The lowest BCUT2D eigenvalue weighted by Gasteiger charge is -2.17. The van der Waals surface area contributed by atoms with E-state index in [4.69, 9.17) is 4.74 Å². The standard InChI is InChI=1S/C13H15Br2N3O/c1-8(13-16-4-5-18(13)2)17-11-7-12(19-3)10(15)6-9(11)14/h4-8,17H,1-3H3. The van der Waals surface area contributed by atoms with Gasteiger partial charge in [-0.05, 0) is 44.8 Å². The fourth-order valence-corrected chi connectivity index (χ4v) is 3.16. The third-order valence-corrected chi connectivity index (χ3v) is 4.14. The zero-order valence-electron chi connectivity index (χ0n) is 10.9. The van der Waals surface area contributed by atoms with E-state index in [1.807, 2.05) is 29.9 Å². The Bertz CT molecular complexity index is 583. The first-order valence-electron chi connectivity index (χ1n) is 5.79. The molecule has 0 bridgehead atoms. The van der Waals surface area contributed by atoms with Crippen molar-refractivity contribution in [2.45, 2.75) is 13.0 Å². The summed E-state index contributed by atoms with van der Waals surface area (Å²) in [5, 5.41) is 3.42. The Morgan fingerprint density at radius 1 is 1.32 bits per heavy atom. The van der Waals surface area contributed by atoms with Gasteiger partial charge < -0.3 is 14.6 Å². The molecule has 1 aromatic carbocycles. The van der Waals surface area contributed by atoms with Crippen molar-refractivity contribution in [1.82, 2.24) is 9.55 Å². The highest BCUT2D eigenvalue weighted by Crippen LogP contribution is 2.35. The van der Waals surface area contributed by atoms with Crippen molar-refractivity contribution < 1.29 is 4.74 Å². The lowest BCUT2D eigenvalue weighted by atomic mass is 10.2. The summed E-state index contributed by atoms with van der Waals surface area (Å²) in [5.41, 5.74) is 0.968. The van der Waals surface area contributed by atoms with Gasteiger partial charge in [0.1, 0.15) is 11.6 Å². The molecular weight excluding hydrogens is 374 g/mol. The minimum Gasteiger partial charge on any atom is -0.495 e. The van der Waals surface area contributed by atoms with Gasteiger partial charge in [0.15, 0.2) is 0 Å². The summed E-state index contributed by atoms with van der Waals surface area (Å²) in [6.07, 6.45) is 3.73. The number of ether oxygens (including phenoxy) is 1. The quantitative estimate of drug-likeness (QED) is 0.855. The first kappa shape index (κ1) is 14.4. The fourth-order valence-electron chi connectivity index (χ4n) is 1.89. The topological polar surface area (TPSA) is 39.1 Å². The molecule has 0 spiro atoms. The Morgan fingerprint density at radius 2 is 2.05 bits per heavy atom. The van der Waals surface area contributed by atoms with E-state index >= 15 is 0 Å². The summed E-state index contributed by atoms with van der Waals surface area (Å²) in [6, 6.07) is 4.02. The first-order chi connectivity index (χ1) is 9.02. The van der Waals surface area contributed by atoms with E-state index < -0.39 is 0 Å². The average molecular weight is 389 g/mol. The fraction of sp³-hybridized carbons (Fsp3) is 0.308. The predicted octanol–water partition coefficient (Wildman–Crippen LogP) is 4.13. The largest absolute Gasteiger partial charge is 0.495 e. The maximum Gasteiger partial charge on any atom is 0.135 e. The number of halogens is 2. The molecule has 0 saturated heterocycles. The normalized spacial score (nSPS) is 12.3. The van der Waals surface area contributed by atoms with Crippen LogP contribution in [0.3, 0.4) is 0 Å². The number of aromatic nitrogens is 2. The Labute approximate surface area is 129 Å². The summed E-state index contributed by atoms with van der Waals surface area (Å²) in [6.45, 7) is 2.07. The van der Waals surface area contributed by atoms with E-state index in [1.54, 1.807) is 13.3 Å². The van der Waals surface area contributed by atoms with Crippen LogP contribution in [0.25, 0.3) is 0 Å². The second-order valence-corrected chi connectivity index (χ2v) is 5.94. The molecule has 0 amide bonds. The first-order valence-corrected chi connectivity index (χ1v) is 7.38. The number of aryl methyl sites for hydroxylation is 1. The van der Waals surface area contributed by atoms with Gasteiger partial charge in [-0.3, -0.25) is 0 Å². The molecule has 0 aliphatic rings. The number of anilines is 1. The molecule has 0 radical (unpaired) electrons. The summed E-state index contributed by atoms with van der Waals surface area (Å²) in [5.74, 6) is 1.77. The van der Waals surface area contributed by atoms with Crippen LogP contribution in [-0.2, 0) is 7.05 Å². The van der Waals surface area contributed by atoms with Gasteiger partial charge in [-0.1, -0.05) is 0 Å². The van der Waals surface area contributed by atoms with Crippen molar-refractivity contribution in [1.29, 1.82) is 0 Å². The van der Waals surface area contributed by atoms with E-state index in [0.29, 0.717) is 0 Å². The number of rotatable bonds is 4. The zero-order chi connectivity index (χ0) is 14.0. The van der Waals surface area contributed by atoms with Crippen molar-refractivity contribution in [2.75, 3.05) is 12.4 Å². The molecule has 0 aliphatic carbocycles. The van der Waals surface area contributed by atoms with Gasteiger partial charge in [-0.15, -0.1) is 0 Å². The number of benzene rings is 1. The molecule has 2 rings (SSSR count). The lowest BCUT2D eigenvalue weighted by molar-refractivity contribution is 0.412. The van der Waals surface area contributed by atoms with Gasteiger partial charge in [0, 0.05) is 30.0 Å². The van der Waals surface area contributed by atoms with Gasteiger partial charge in [-0.25, -0.2) is 4.98 Å². The van der Waals surface area contributed by atoms with Crippen LogP contribution in [0.15, 0.2) is 33.5 Å². The molecule has 4 nitrogen and oxygen atoms in total. The molecule has 6 heteroatoms. The molecule has 19 heavy (non-hydrogen) atoms. The van der Waals surface area contributed by atoms with E-state index in [2.05, 4.69) is 49.1 Å². The van der Waals surface area contributed by atoms with E-state index in [-0.39, 0.29) is 6.04 Å². The van der Waals surface area contributed by atoms with E-state index in [1.165, 1.54) is 0 Å². The second-order valence-electron chi connectivity index (χ2n) is 4.23. The SMILES string of the molecule is COc1cc(NC(C)c2nccn2C)c(Br)cc1Br. The van der Waals surface area contributed by atoms with Crippen molar-refractivity contribution >= 4 is 37.5 Å². The Hall–Kier alpha value is -1.01. The van der Waals surface area contributed by atoms with Gasteiger partial charge in [0.25, 0.3) is 0 Å². The van der Waals surface area contributed by atoms with Gasteiger partial charge in [0.05, 0.1) is 23.3 Å². The predicted molar refractivity (Wildman–Crippen MR) is 83.6 cm³/mol. The number of nitrogens with zero attached hydrogens (tertiary/aromatic N) is 2. The maximum atomic E-state index is 5.31. The number of hydrogen-bond acceptors (Lipinski definition) is 3. The van der Waals surface area contributed by atoms with Crippen LogP contribution in [0, 0.1) is 0 Å². The van der Waals surface area contributed by atoms with Crippen molar-refractivity contribution in [3.63, 3.8) is 0 Å². The smallest absolute Gasteiger partial charge is 0.135 e. The second kappa shape index (κ2) is 5.96. The molecule has 1 unspecified atom stereocenters. The highest BCUT2D eigenvalue weighted by Gasteiger charge is 2.13. The zero-order valence-corrected chi connectivity index (χ0v) is 14.1. The minimum absolute atomic E-state index is 0.0992. The lowest BCUT2D eigenvalue weighted by Crippen LogP contribution is -2.12. The molecule has 1 heterocycles. The number of hydrogen-bond donors (Lipinski definition) is 1. The molecule has 0 saturated carbocycles. The summed E-state index contributed by atoms with van der Waals surface area (Å²) in [4.78, 5) is 4.35. The highest BCUT2D eigenvalue weighted by molar-refractivity contribution is 9.11. The number of imidazole rings is 1. The molecule has 0 aliphatic heterocycles. The van der Waals surface area contributed by atoms with Gasteiger partial charge in [-0.2, -0.15) is 0 Å². The Balaban J connectivity index is 2.26. The van der Waals surface area contributed by atoms with Crippen molar-refractivity contribution in [2.24, 2.45) is 7.05 Å². The summed E-state index contributed by atoms with van der Waals surface area (Å²) >= 11 is 7.00. The minimum atomic E-state index is 0.0992. The highest BCUT2D eigenvalue weighted by atomic mass is 79.9. The summed E-state index contributed by atoms with van der Waals surface area (Å²) in [7, 11) is 3.64. The molecule has 1 N–H and O–H groups in total. The van der Waals surface area contributed by atoms with Crippen LogP contribution in [0.4, 0.5) is 5.69 Å². The summed E-state index contributed by atoms with van der Waals surface area (Å²) < 4.78 is 9.20. The average Bonchev–Trinajstić information content (AvgIpc) is 2.79. The molecule has 1 atom stereocenters. The Kier molecular flexibility index (Phi) is 4.52. The molecule has 102 valence electrons.